The van der Waals surface area contributed by atoms with Crippen LogP contribution in [0.15, 0.2) is 18.2 Å². The van der Waals surface area contributed by atoms with E-state index in [-0.39, 0.29) is 12.6 Å². The number of imidazole rings is 1. The van der Waals surface area contributed by atoms with E-state index in [9.17, 15) is 4.79 Å². The number of hydrogen-bond donors (Lipinski definition) is 1. The van der Waals surface area contributed by atoms with Crippen LogP contribution in [0.1, 0.15) is 16.2 Å². The predicted molar refractivity (Wildman–Crippen MR) is 62.8 cm³/mol. The molecule has 0 radical (unpaired) electrons. The number of carbonyl (C=O) groups excluding carboxylic acids is 1. The maximum absolute atomic E-state index is 11.4. The van der Waals surface area contributed by atoms with E-state index >= 15 is 0 Å². The summed E-state index contributed by atoms with van der Waals surface area (Å²) in [5.41, 5.74) is 2.15. The molecule has 2 rings (SSSR count). The molecule has 1 aromatic heterocycles. The molecule has 0 atom stereocenters. The van der Waals surface area contributed by atoms with Crippen LogP contribution in [0.5, 0.6) is 0 Å². The molecule has 0 spiro atoms. The molecule has 0 aliphatic rings. The van der Waals surface area contributed by atoms with Gasteiger partial charge < -0.3 is 14.4 Å². The van der Waals surface area contributed by atoms with Gasteiger partial charge in [0.05, 0.1) is 30.3 Å². The van der Waals surface area contributed by atoms with Crippen LogP contribution >= 0.6 is 0 Å². The number of benzene rings is 1. The zero-order valence-electron chi connectivity index (χ0n) is 9.80. The third kappa shape index (κ3) is 2.01. The number of esters is 1. The summed E-state index contributed by atoms with van der Waals surface area (Å²) < 4.78 is 6.57. The fourth-order valence-electron chi connectivity index (χ4n) is 1.82. The highest BCUT2D eigenvalue weighted by molar-refractivity contribution is 5.93. The Morgan fingerprint density at radius 3 is 2.94 bits per heavy atom. The molecule has 1 aromatic carbocycles. The summed E-state index contributed by atoms with van der Waals surface area (Å²) in [4.78, 5) is 15.8. The molecular formula is C12H14N2O3. The lowest BCUT2D eigenvalue weighted by atomic mass is 10.2. The van der Waals surface area contributed by atoms with Gasteiger partial charge in [0.15, 0.2) is 0 Å². The first kappa shape index (κ1) is 11.6. The summed E-state index contributed by atoms with van der Waals surface area (Å²) in [6, 6.07) is 5.23. The van der Waals surface area contributed by atoms with Gasteiger partial charge in [-0.1, -0.05) is 0 Å². The number of aliphatic hydroxyl groups is 1. The van der Waals surface area contributed by atoms with E-state index < -0.39 is 0 Å². The molecule has 2 aromatic rings. The number of methoxy groups -OCH3 is 1. The molecule has 0 bridgehead atoms. The molecule has 0 fully saturated rings. The smallest absolute Gasteiger partial charge is 0.337 e. The third-order valence-corrected chi connectivity index (χ3v) is 2.73. The van der Waals surface area contributed by atoms with Crippen molar-refractivity contribution >= 4 is 17.0 Å². The van der Waals surface area contributed by atoms with Crippen molar-refractivity contribution in [2.75, 3.05) is 13.7 Å². The summed E-state index contributed by atoms with van der Waals surface area (Å²) >= 11 is 0. The van der Waals surface area contributed by atoms with Crippen molar-refractivity contribution in [2.24, 2.45) is 7.05 Å². The second-order valence-electron chi connectivity index (χ2n) is 3.76. The van der Waals surface area contributed by atoms with Crippen LogP contribution in [0.3, 0.4) is 0 Å². The second-order valence-corrected chi connectivity index (χ2v) is 3.76. The molecule has 1 heterocycles. The zero-order valence-corrected chi connectivity index (χ0v) is 9.80. The predicted octanol–water partition coefficient (Wildman–Crippen LogP) is 0.895. The summed E-state index contributed by atoms with van der Waals surface area (Å²) in [6.45, 7) is 0.0566. The van der Waals surface area contributed by atoms with Crippen LogP contribution in [0.25, 0.3) is 11.0 Å². The Labute approximate surface area is 98.6 Å². The van der Waals surface area contributed by atoms with E-state index in [4.69, 9.17) is 5.11 Å². The minimum absolute atomic E-state index is 0.0566. The largest absolute Gasteiger partial charge is 0.465 e. The van der Waals surface area contributed by atoms with Crippen molar-refractivity contribution in [2.45, 2.75) is 6.42 Å². The molecule has 90 valence electrons. The SMILES string of the molecule is COC(=O)c1ccc2c(c1)nc(CCO)n2C. The van der Waals surface area contributed by atoms with Gasteiger partial charge in [0.2, 0.25) is 0 Å². The quantitative estimate of drug-likeness (QED) is 0.801. The average Bonchev–Trinajstić information content (AvgIpc) is 2.65. The van der Waals surface area contributed by atoms with Gasteiger partial charge in [-0.2, -0.15) is 0 Å². The highest BCUT2D eigenvalue weighted by Gasteiger charge is 2.11. The minimum Gasteiger partial charge on any atom is -0.465 e. The van der Waals surface area contributed by atoms with E-state index in [0.29, 0.717) is 12.0 Å². The highest BCUT2D eigenvalue weighted by Crippen LogP contribution is 2.17. The lowest BCUT2D eigenvalue weighted by molar-refractivity contribution is 0.0601. The maximum Gasteiger partial charge on any atom is 0.337 e. The van der Waals surface area contributed by atoms with Crippen LogP contribution in [-0.2, 0) is 18.2 Å². The van der Waals surface area contributed by atoms with E-state index in [1.807, 2.05) is 17.7 Å². The number of rotatable bonds is 3. The number of carbonyl (C=O) groups is 1. The Kier molecular flexibility index (Phi) is 3.10. The fourth-order valence-corrected chi connectivity index (χ4v) is 1.82. The lowest BCUT2D eigenvalue weighted by Gasteiger charge is -2.00. The van der Waals surface area contributed by atoms with E-state index in [0.717, 1.165) is 16.9 Å². The monoisotopic (exact) mass is 234 g/mol. The molecule has 0 aliphatic carbocycles. The normalized spacial score (nSPS) is 10.8. The van der Waals surface area contributed by atoms with Crippen molar-refractivity contribution in [1.29, 1.82) is 0 Å². The summed E-state index contributed by atoms with van der Waals surface area (Å²) in [6.07, 6.45) is 0.499. The first-order chi connectivity index (χ1) is 8.17. The van der Waals surface area contributed by atoms with Gasteiger partial charge in [-0.3, -0.25) is 0 Å². The molecule has 0 saturated carbocycles. The van der Waals surface area contributed by atoms with Crippen molar-refractivity contribution in [1.82, 2.24) is 9.55 Å². The van der Waals surface area contributed by atoms with E-state index in [1.165, 1.54) is 7.11 Å². The topological polar surface area (TPSA) is 64.3 Å². The Morgan fingerprint density at radius 1 is 1.53 bits per heavy atom. The summed E-state index contributed by atoms with van der Waals surface area (Å²) in [5.74, 6) is 0.422. The van der Waals surface area contributed by atoms with Crippen LogP contribution in [-0.4, -0.2) is 34.3 Å². The maximum atomic E-state index is 11.4. The van der Waals surface area contributed by atoms with Gasteiger partial charge in [0.1, 0.15) is 5.82 Å². The number of ether oxygens (including phenoxy) is 1. The fraction of sp³-hybridized carbons (Fsp3) is 0.333. The second kappa shape index (κ2) is 4.55. The van der Waals surface area contributed by atoms with Gasteiger partial charge in [-0.05, 0) is 18.2 Å². The summed E-state index contributed by atoms with van der Waals surface area (Å²) in [7, 11) is 3.24. The average molecular weight is 234 g/mol. The molecule has 0 amide bonds. The molecule has 1 N–H and O–H groups in total. The summed E-state index contributed by atoms with van der Waals surface area (Å²) in [5, 5.41) is 8.92. The van der Waals surface area contributed by atoms with Crippen LogP contribution in [0.4, 0.5) is 0 Å². The number of aryl methyl sites for hydroxylation is 1. The molecule has 17 heavy (non-hydrogen) atoms. The third-order valence-electron chi connectivity index (χ3n) is 2.73. The minimum atomic E-state index is -0.374. The van der Waals surface area contributed by atoms with Gasteiger partial charge in [0, 0.05) is 13.5 Å². The Hall–Kier alpha value is -1.88. The number of aromatic nitrogens is 2. The molecule has 5 heteroatoms. The van der Waals surface area contributed by atoms with Gasteiger partial charge in [0.25, 0.3) is 0 Å². The van der Waals surface area contributed by atoms with Crippen LogP contribution in [0.2, 0.25) is 0 Å². The first-order valence-corrected chi connectivity index (χ1v) is 5.32. The van der Waals surface area contributed by atoms with Crippen molar-refractivity contribution in [3.8, 4) is 0 Å². The Bertz CT molecular complexity index is 560. The molecule has 0 aliphatic heterocycles. The van der Waals surface area contributed by atoms with E-state index in [2.05, 4.69) is 9.72 Å². The van der Waals surface area contributed by atoms with Gasteiger partial charge in [-0.25, -0.2) is 9.78 Å². The first-order valence-electron chi connectivity index (χ1n) is 5.32. The van der Waals surface area contributed by atoms with Gasteiger partial charge in [-0.15, -0.1) is 0 Å². The number of hydrogen-bond acceptors (Lipinski definition) is 4. The molecule has 0 saturated heterocycles. The van der Waals surface area contributed by atoms with E-state index in [1.54, 1.807) is 12.1 Å². The highest BCUT2D eigenvalue weighted by atomic mass is 16.5. The van der Waals surface area contributed by atoms with Gasteiger partial charge >= 0.3 is 5.97 Å². The zero-order chi connectivity index (χ0) is 12.4. The molecule has 0 unspecified atom stereocenters. The number of nitrogens with zero attached hydrogens (tertiary/aromatic N) is 2. The lowest BCUT2D eigenvalue weighted by Crippen LogP contribution is -2.01. The van der Waals surface area contributed by atoms with Crippen molar-refractivity contribution in [3.05, 3.63) is 29.6 Å². The standard InChI is InChI=1S/C12H14N2O3/c1-14-10-4-3-8(12(16)17-2)7-9(10)13-11(14)5-6-15/h3-4,7,15H,5-6H2,1-2H3. The van der Waals surface area contributed by atoms with Crippen molar-refractivity contribution in [3.63, 3.8) is 0 Å². The molecule has 5 nitrogen and oxygen atoms in total. The van der Waals surface area contributed by atoms with Crippen molar-refractivity contribution < 1.29 is 14.6 Å². The number of aliphatic hydroxyl groups excluding tert-OH is 1. The van der Waals surface area contributed by atoms with Crippen LogP contribution < -0.4 is 0 Å². The molecular weight excluding hydrogens is 220 g/mol. The van der Waals surface area contributed by atoms with Crippen LogP contribution in [0, 0.1) is 0 Å². The number of fused-ring (bicyclic) bond motifs is 1. The Balaban J connectivity index is 2.51. The Morgan fingerprint density at radius 2 is 2.29 bits per heavy atom.